The average Bonchev–Trinajstić information content (AvgIpc) is 2.61. The first-order valence-electron chi connectivity index (χ1n) is 8.01. The molecule has 0 radical (unpaired) electrons. The number of piperidine rings is 1. The summed E-state index contributed by atoms with van der Waals surface area (Å²) < 4.78 is 45.2. The summed E-state index contributed by atoms with van der Waals surface area (Å²) in [5, 5.41) is 0. The summed E-state index contributed by atoms with van der Waals surface area (Å²) in [5.41, 5.74) is -0.374. The van der Waals surface area contributed by atoms with Gasteiger partial charge in [-0.05, 0) is 37.1 Å². The van der Waals surface area contributed by atoms with Gasteiger partial charge < -0.3 is 9.64 Å². The molecule has 4 nitrogen and oxygen atoms in total. The van der Waals surface area contributed by atoms with Gasteiger partial charge in [-0.25, -0.2) is 18.2 Å². The van der Waals surface area contributed by atoms with Crippen molar-refractivity contribution in [2.75, 3.05) is 19.7 Å². The van der Waals surface area contributed by atoms with Crippen LogP contribution in [0.5, 0.6) is 5.75 Å². The summed E-state index contributed by atoms with van der Waals surface area (Å²) in [6, 6.07) is 6.36. The molecule has 2 heterocycles. The largest absolute Gasteiger partial charge is 0.493 e. The van der Waals surface area contributed by atoms with Gasteiger partial charge in [0.25, 0.3) is 5.91 Å². The Morgan fingerprint density at radius 2 is 1.96 bits per heavy atom. The molecule has 0 unspecified atom stereocenters. The number of nitrogens with zero attached hydrogens (tertiary/aromatic N) is 2. The fraction of sp³-hybridized carbons (Fsp3) is 0.333. The zero-order valence-electron chi connectivity index (χ0n) is 13.4. The number of hydrogen-bond donors (Lipinski definition) is 0. The van der Waals surface area contributed by atoms with Gasteiger partial charge in [-0.1, -0.05) is 0 Å². The number of amides is 1. The first-order chi connectivity index (χ1) is 12.0. The van der Waals surface area contributed by atoms with Crippen molar-refractivity contribution in [3.8, 4) is 5.75 Å². The van der Waals surface area contributed by atoms with Gasteiger partial charge in [-0.15, -0.1) is 0 Å². The number of hydrogen-bond acceptors (Lipinski definition) is 3. The fourth-order valence-electron chi connectivity index (χ4n) is 2.85. The fourth-order valence-corrected chi connectivity index (χ4v) is 2.85. The Kier molecular flexibility index (Phi) is 5.21. The molecule has 25 heavy (non-hydrogen) atoms. The molecule has 0 N–H and O–H groups in total. The van der Waals surface area contributed by atoms with Crippen LogP contribution in [0.1, 0.15) is 23.3 Å². The molecule has 0 saturated carbocycles. The van der Waals surface area contributed by atoms with Crippen molar-refractivity contribution >= 4 is 5.91 Å². The molecule has 132 valence electrons. The molecule has 1 fully saturated rings. The van der Waals surface area contributed by atoms with E-state index in [0.29, 0.717) is 31.5 Å². The lowest BCUT2D eigenvalue weighted by Crippen LogP contribution is -2.42. The molecule has 7 heteroatoms. The Balaban J connectivity index is 1.60. The number of likely N-dealkylation sites (tertiary alicyclic amines) is 1. The molecule has 1 atom stereocenters. The zero-order valence-corrected chi connectivity index (χ0v) is 13.4. The van der Waals surface area contributed by atoms with Gasteiger partial charge in [0.15, 0.2) is 11.5 Å². The normalized spacial score (nSPS) is 17.4. The summed E-state index contributed by atoms with van der Waals surface area (Å²) >= 11 is 0. The minimum atomic E-state index is -0.963. The quantitative estimate of drug-likeness (QED) is 0.848. The smallest absolute Gasteiger partial charge is 0.275 e. The summed E-state index contributed by atoms with van der Waals surface area (Å²) in [6.07, 6.45) is 2.45. The van der Waals surface area contributed by atoms with Gasteiger partial charge in [-0.3, -0.25) is 4.79 Å². The van der Waals surface area contributed by atoms with Crippen molar-refractivity contribution in [2.45, 2.75) is 12.8 Å². The van der Waals surface area contributed by atoms with Gasteiger partial charge in [0, 0.05) is 25.1 Å². The SMILES string of the molecule is O=C(c1ncc(F)cc1F)N1CCC[C@H](COc2ccc(F)cc2)C1. The molecule has 0 spiro atoms. The van der Waals surface area contributed by atoms with Gasteiger partial charge in [0.05, 0.1) is 12.8 Å². The van der Waals surface area contributed by atoms with Crippen LogP contribution in [0.25, 0.3) is 0 Å². The van der Waals surface area contributed by atoms with Crippen molar-refractivity contribution < 1.29 is 22.7 Å². The number of carbonyl (C=O) groups excluding carboxylic acids is 1. The van der Waals surface area contributed by atoms with E-state index >= 15 is 0 Å². The number of benzene rings is 1. The second-order valence-electron chi connectivity index (χ2n) is 6.01. The summed E-state index contributed by atoms with van der Waals surface area (Å²) in [5.74, 6) is -2.05. The van der Waals surface area contributed by atoms with Crippen molar-refractivity contribution in [1.29, 1.82) is 0 Å². The second kappa shape index (κ2) is 7.55. The third-order valence-electron chi connectivity index (χ3n) is 4.12. The number of aromatic nitrogens is 1. The van der Waals surface area contributed by atoms with Gasteiger partial charge >= 0.3 is 0 Å². The lowest BCUT2D eigenvalue weighted by atomic mass is 9.98. The number of carbonyl (C=O) groups is 1. The maximum atomic E-state index is 13.7. The van der Waals surface area contributed by atoms with Crippen molar-refractivity contribution in [2.24, 2.45) is 5.92 Å². The Labute approximate surface area is 143 Å². The monoisotopic (exact) mass is 350 g/mol. The molecule has 1 aromatic heterocycles. The maximum absolute atomic E-state index is 13.7. The minimum Gasteiger partial charge on any atom is -0.493 e. The highest BCUT2D eigenvalue weighted by molar-refractivity contribution is 5.92. The van der Waals surface area contributed by atoms with E-state index in [9.17, 15) is 18.0 Å². The molecule has 1 aliphatic rings. The molecule has 1 aromatic carbocycles. The Hall–Kier alpha value is -2.57. The number of pyridine rings is 1. The van der Waals surface area contributed by atoms with Crippen molar-refractivity contribution in [1.82, 2.24) is 9.88 Å². The predicted octanol–water partition coefficient (Wildman–Crippen LogP) is 3.43. The molecule has 0 aliphatic carbocycles. The topological polar surface area (TPSA) is 42.4 Å². The standard InChI is InChI=1S/C18H17F3N2O2/c19-13-3-5-15(6-4-13)25-11-12-2-1-7-23(10-12)18(24)17-16(21)8-14(20)9-22-17/h3-6,8-9,12H,1-2,7,10-11H2/t12-/m0/s1. The van der Waals surface area contributed by atoms with E-state index < -0.39 is 17.5 Å². The zero-order chi connectivity index (χ0) is 17.8. The predicted molar refractivity (Wildman–Crippen MR) is 84.7 cm³/mol. The number of rotatable bonds is 4. The van der Waals surface area contributed by atoms with E-state index in [1.165, 1.54) is 17.0 Å². The third-order valence-corrected chi connectivity index (χ3v) is 4.12. The molecule has 3 rings (SSSR count). The molecule has 2 aromatic rings. The highest BCUT2D eigenvalue weighted by Crippen LogP contribution is 2.21. The number of halogens is 3. The molecule has 1 amide bonds. The lowest BCUT2D eigenvalue weighted by molar-refractivity contribution is 0.0622. The molecule has 0 bridgehead atoms. The van der Waals surface area contributed by atoms with Crippen molar-refractivity contribution in [3.63, 3.8) is 0 Å². The average molecular weight is 350 g/mol. The summed E-state index contributed by atoms with van der Waals surface area (Å²) in [4.78, 5) is 17.5. The third kappa shape index (κ3) is 4.29. The van der Waals surface area contributed by atoms with Crippen LogP contribution in [0.3, 0.4) is 0 Å². The van der Waals surface area contributed by atoms with Crippen LogP contribution < -0.4 is 4.74 Å². The van der Waals surface area contributed by atoms with E-state index in [1.807, 2.05) is 0 Å². The second-order valence-corrected chi connectivity index (χ2v) is 6.01. The van der Waals surface area contributed by atoms with Gasteiger partial charge in [0.2, 0.25) is 0 Å². The van der Waals surface area contributed by atoms with E-state index in [1.54, 1.807) is 12.1 Å². The van der Waals surface area contributed by atoms with Crippen LogP contribution in [-0.2, 0) is 0 Å². The van der Waals surface area contributed by atoms with Crippen LogP contribution >= 0.6 is 0 Å². The Morgan fingerprint density at radius 1 is 1.20 bits per heavy atom. The van der Waals surface area contributed by atoms with E-state index in [-0.39, 0.29) is 17.4 Å². The molecule has 1 saturated heterocycles. The van der Waals surface area contributed by atoms with Crippen LogP contribution in [0.15, 0.2) is 36.5 Å². The first-order valence-corrected chi connectivity index (χ1v) is 8.01. The molecular formula is C18H17F3N2O2. The van der Waals surface area contributed by atoms with E-state index in [4.69, 9.17) is 4.74 Å². The summed E-state index contributed by atoms with van der Waals surface area (Å²) in [7, 11) is 0. The highest BCUT2D eigenvalue weighted by Gasteiger charge is 2.27. The van der Waals surface area contributed by atoms with Crippen LogP contribution in [0, 0.1) is 23.4 Å². The first kappa shape index (κ1) is 17.3. The van der Waals surface area contributed by atoms with E-state index in [2.05, 4.69) is 4.98 Å². The molecule has 1 aliphatic heterocycles. The lowest BCUT2D eigenvalue weighted by Gasteiger charge is -2.32. The van der Waals surface area contributed by atoms with Crippen LogP contribution in [0.4, 0.5) is 13.2 Å². The highest BCUT2D eigenvalue weighted by atomic mass is 19.1. The Morgan fingerprint density at radius 3 is 2.68 bits per heavy atom. The number of ether oxygens (including phenoxy) is 1. The van der Waals surface area contributed by atoms with Gasteiger partial charge in [0.1, 0.15) is 17.4 Å². The van der Waals surface area contributed by atoms with Crippen molar-refractivity contribution in [3.05, 3.63) is 59.7 Å². The Bertz CT molecular complexity index is 752. The van der Waals surface area contributed by atoms with E-state index in [0.717, 1.165) is 19.0 Å². The minimum absolute atomic E-state index is 0.0752. The maximum Gasteiger partial charge on any atom is 0.275 e. The van der Waals surface area contributed by atoms with Gasteiger partial charge in [-0.2, -0.15) is 0 Å². The van der Waals surface area contributed by atoms with Crippen LogP contribution in [-0.4, -0.2) is 35.5 Å². The van der Waals surface area contributed by atoms with Crippen LogP contribution in [0.2, 0.25) is 0 Å². The molecular weight excluding hydrogens is 333 g/mol. The summed E-state index contributed by atoms with van der Waals surface area (Å²) in [6.45, 7) is 1.26.